The fourth-order valence-electron chi connectivity index (χ4n) is 5.10. The minimum atomic E-state index is -0.897. The number of amides is 3. The lowest BCUT2D eigenvalue weighted by molar-refractivity contribution is 0.0350. The predicted octanol–water partition coefficient (Wildman–Crippen LogP) is 4.36. The molecule has 4 rings (SSSR count). The summed E-state index contributed by atoms with van der Waals surface area (Å²) in [6.45, 7) is 6.87. The van der Waals surface area contributed by atoms with Gasteiger partial charge in [-0.25, -0.2) is 18.8 Å². The van der Waals surface area contributed by atoms with Crippen LogP contribution in [0.5, 0.6) is 0 Å². The second-order valence-electron chi connectivity index (χ2n) is 9.99. The first-order valence-corrected chi connectivity index (χ1v) is 14.2. The molecule has 0 bridgehead atoms. The quantitative estimate of drug-likeness (QED) is 0.527. The molecule has 2 atom stereocenters. The number of benzene rings is 2. The van der Waals surface area contributed by atoms with E-state index < -0.39 is 17.9 Å². The van der Waals surface area contributed by atoms with Crippen LogP contribution in [0.4, 0.5) is 19.7 Å². The number of carboxylic acid groups (broad SMARTS) is 1. The van der Waals surface area contributed by atoms with Gasteiger partial charge in [0.2, 0.25) is 0 Å². The second-order valence-corrected chi connectivity index (χ2v) is 11.2. The Hall–Kier alpha value is -3.31. The zero-order chi connectivity index (χ0) is 28.1. The number of hydrogen-bond acceptors (Lipinski definition) is 6. The third-order valence-electron chi connectivity index (χ3n) is 7.30. The van der Waals surface area contributed by atoms with Gasteiger partial charge in [0.25, 0.3) is 0 Å². The average Bonchev–Trinajstić information content (AvgIpc) is 2.94. The molecule has 1 N–H and O–H groups in total. The Morgan fingerprint density at radius 2 is 1.67 bits per heavy atom. The van der Waals surface area contributed by atoms with Gasteiger partial charge in [0.05, 0.1) is 19.2 Å². The first-order valence-electron chi connectivity index (χ1n) is 13.0. The zero-order valence-electron chi connectivity index (χ0n) is 22.5. The predicted molar refractivity (Wildman–Crippen MR) is 149 cm³/mol. The van der Waals surface area contributed by atoms with Gasteiger partial charge in [0.1, 0.15) is 5.82 Å². The van der Waals surface area contributed by atoms with Gasteiger partial charge < -0.3 is 19.6 Å². The van der Waals surface area contributed by atoms with Crippen LogP contribution in [0, 0.1) is 5.82 Å². The number of anilines is 1. The molecule has 11 heteroatoms. The molecule has 2 aliphatic heterocycles. The lowest BCUT2D eigenvalue weighted by Crippen LogP contribution is -2.57. The normalized spacial score (nSPS) is 20.0. The van der Waals surface area contributed by atoms with Crippen molar-refractivity contribution in [1.82, 2.24) is 14.7 Å². The molecule has 0 spiro atoms. The molecule has 0 radical (unpaired) electrons. The average molecular weight is 559 g/mol. The van der Waals surface area contributed by atoms with Crippen LogP contribution in [0.15, 0.2) is 42.5 Å². The highest BCUT2D eigenvalue weighted by atomic mass is 32.2. The summed E-state index contributed by atoms with van der Waals surface area (Å²) in [5.41, 5.74) is 2.10. The number of thioether (sulfide) groups is 1. The van der Waals surface area contributed by atoms with Crippen molar-refractivity contribution < 1.29 is 28.6 Å². The van der Waals surface area contributed by atoms with Crippen LogP contribution in [-0.2, 0) is 17.8 Å². The Balaban J connectivity index is 1.54. The second kappa shape index (κ2) is 12.7. The van der Waals surface area contributed by atoms with Crippen LogP contribution in [0.3, 0.4) is 0 Å². The van der Waals surface area contributed by atoms with Crippen LogP contribution in [0.25, 0.3) is 0 Å². The van der Waals surface area contributed by atoms with Gasteiger partial charge in [-0.2, -0.15) is 11.8 Å². The highest BCUT2D eigenvalue weighted by Crippen LogP contribution is 2.25. The van der Waals surface area contributed by atoms with Crippen LogP contribution in [0.2, 0.25) is 0 Å². The Morgan fingerprint density at radius 1 is 1.03 bits per heavy atom. The molecule has 0 unspecified atom stereocenters. The summed E-state index contributed by atoms with van der Waals surface area (Å²) >= 11 is 1.80. The number of urea groups is 1. The van der Waals surface area contributed by atoms with Crippen LogP contribution in [-0.4, -0.2) is 94.8 Å². The van der Waals surface area contributed by atoms with E-state index >= 15 is 0 Å². The lowest BCUT2D eigenvalue weighted by atomic mass is 10.1. The largest absolute Gasteiger partial charge is 0.465 e. The first kappa shape index (κ1) is 28.7. The highest BCUT2D eigenvalue weighted by Gasteiger charge is 2.32. The summed E-state index contributed by atoms with van der Waals surface area (Å²) in [5, 5.41) is 9.37. The van der Waals surface area contributed by atoms with Crippen LogP contribution in [0.1, 0.15) is 35.3 Å². The topological polar surface area (TPSA) is 93.6 Å². The molecule has 39 heavy (non-hydrogen) atoms. The van der Waals surface area contributed by atoms with Gasteiger partial charge >= 0.3 is 18.1 Å². The fourth-order valence-corrected chi connectivity index (χ4v) is 6.01. The molecule has 0 saturated carbocycles. The van der Waals surface area contributed by atoms with Crippen molar-refractivity contribution >= 4 is 35.5 Å². The molecule has 0 aromatic heterocycles. The van der Waals surface area contributed by atoms with Gasteiger partial charge in [0.15, 0.2) is 0 Å². The molecule has 9 nitrogen and oxygen atoms in total. The van der Waals surface area contributed by atoms with Crippen LogP contribution < -0.4 is 4.90 Å². The number of hydrogen-bond donors (Lipinski definition) is 1. The van der Waals surface area contributed by atoms with E-state index in [2.05, 4.69) is 9.64 Å². The third-order valence-corrected chi connectivity index (χ3v) is 8.24. The van der Waals surface area contributed by atoms with Crippen molar-refractivity contribution in [3.05, 3.63) is 65.0 Å². The van der Waals surface area contributed by atoms with Crippen molar-refractivity contribution in [3.63, 3.8) is 0 Å². The molecule has 0 aliphatic carbocycles. The molecule has 2 aromatic rings. The molecule has 2 aromatic carbocycles. The van der Waals surface area contributed by atoms with Crippen LogP contribution >= 0.6 is 11.8 Å². The molecule has 2 aliphatic rings. The maximum atomic E-state index is 15.0. The van der Waals surface area contributed by atoms with E-state index in [1.54, 1.807) is 21.6 Å². The van der Waals surface area contributed by atoms with Gasteiger partial charge in [-0.15, -0.1) is 0 Å². The summed E-state index contributed by atoms with van der Waals surface area (Å²) < 4.78 is 19.7. The van der Waals surface area contributed by atoms with Gasteiger partial charge in [-0.3, -0.25) is 9.80 Å². The van der Waals surface area contributed by atoms with E-state index in [0.717, 1.165) is 23.1 Å². The number of carbonyl (C=O) groups excluding carboxylic acids is 2. The minimum Gasteiger partial charge on any atom is -0.465 e. The van der Waals surface area contributed by atoms with Crippen molar-refractivity contribution in [2.45, 2.75) is 39.0 Å². The molecule has 210 valence electrons. The maximum Gasteiger partial charge on any atom is 0.407 e. The standard InChI is InChI=1S/C28H35FN4O5S/c1-19-15-31(28(36)37)16-20(2)32(19)17-21-4-8-24(9-5-21)33(27(35)30-10-12-39-13-11-30)18-23-7-6-22(14-25(23)29)26(34)38-3/h4-9,14,19-20H,10-13,15-18H2,1-3H3,(H,36,37)/t19-,20+. The fraction of sp³-hybridized carbons (Fsp3) is 0.464. The SMILES string of the molecule is COC(=O)c1ccc(CN(C(=O)N2CCSCC2)c2ccc(CN3[C@H](C)CN(C(=O)O)C[C@@H]3C)cc2)c(F)c1. The number of piperazine rings is 1. The van der Waals surface area contributed by atoms with E-state index in [9.17, 15) is 23.9 Å². The van der Waals surface area contributed by atoms with Gasteiger partial charge in [-0.05, 0) is 43.7 Å². The summed E-state index contributed by atoms with van der Waals surface area (Å²) in [6.07, 6.45) is -0.897. The summed E-state index contributed by atoms with van der Waals surface area (Å²) in [5.74, 6) is 0.506. The van der Waals surface area contributed by atoms with Crippen molar-refractivity contribution in [1.29, 1.82) is 0 Å². The third kappa shape index (κ3) is 6.83. The zero-order valence-corrected chi connectivity index (χ0v) is 23.3. The number of methoxy groups -OCH3 is 1. The monoisotopic (exact) mass is 558 g/mol. The number of ether oxygens (including phenoxy) is 1. The smallest absolute Gasteiger partial charge is 0.407 e. The maximum absolute atomic E-state index is 15.0. The Bertz CT molecular complexity index is 1180. The van der Waals surface area contributed by atoms with Crippen molar-refractivity contribution in [2.75, 3.05) is 49.7 Å². The van der Waals surface area contributed by atoms with E-state index in [0.29, 0.717) is 44.0 Å². The summed E-state index contributed by atoms with van der Waals surface area (Å²) in [4.78, 5) is 43.9. The number of nitrogens with zero attached hydrogens (tertiary/aromatic N) is 4. The summed E-state index contributed by atoms with van der Waals surface area (Å²) in [6, 6.07) is 11.8. The number of esters is 1. The highest BCUT2D eigenvalue weighted by molar-refractivity contribution is 7.99. The Morgan fingerprint density at radius 3 is 2.23 bits per heavy atom. The Kier molecular flexibility index (Phi) is 9.34. The van der Waals surface area contributed by atoms with E-state index in [-0.39, 0.29) is 30.2 Å². The van der Waals surface area contributed by atoms with Crippen molar-refractivity contribution in [3.8, 4) is 0 Å². The van der Waals surface area contributed by atoms with E-state index in [1.165, 1.54) is 24.1 Å². The van der Waals surface area contributed by atoms with Crippen molar-refractivity contribution in [2.24, 2.45) is 0 Å². The molecular formula is C28H35FN4O5S. The van der Waals surface area contributed by atoms with Gasteiger partial charge in [-0.1, -0.05) is 18.2 Å². The lowest BCUT2D eigenvalue weighted by Gasteiger charge is -2.43. The molecule has 3 amide bonds. The number of carbonyl (C=O) groups is 3. The molecular weight excluding hydrogens is 523 g/mol. The Labute approximate surface area is 232 Å². The molecule has 2 saturated heterocycles. The number of halogens is 1. The first-order chi connectivity index (χ1) is 18.7. The molecule has 2 fully saturated rings. The molecule has 2 heterocycles. The van der Waals surface area contributed by atoms with Gasteiger partial charge in [0, 0.05) is 67.6 Å². The number of rotatable bonds is 6. The van der Waals surface area contributed by atoms with E-state index in [4.69, 9.17) is 0 Å². The van der Waals surface area contributed by atoms with E-state index in [1.807, 2.05) is 38.1 Å². The summed E-state index contributed by atoms with van der Waals surface area (Å²) in [7, 11) is 1.24. The minimum absolute atomic E-state index is 0.0142.